The minimum Gasteiger partial charge on any atom is -0.328 e. The van der Waals surface area contributed by atoms with E-state index in [0.717, 1.165) is 0 Å². The normalized spacial score (nSPS) is 13.9. The molecule has 0 aromatic rings. The molecule has 0 aromatic carbocycles. The van der Waals surface area contributed by atoms with Crippen LogP contribution >= 0.6 is 0 Å². The number of hydrogen-bond acceptors (Lipinski definition) is 1. The van der Waals surface area contributed by atoms with Crippen LogP contribution in [-0.2, 0) is 0 Å². The van der Waals surface area contributed by atoms with Crippen molar-refractivity contribution in [3.63, 3.8) is 0 Å². The van der Waals surface area contributed by atoms with Gasteiger partial charge in [-0.25, -0.2) is 0 Å². The van der Waals surface area contributed by atoms with Gasteiger partial charge in [0.25, 0.3) is 0 Å². The van der Waals surface area contributed by atoms with E-state index in [2.05, 4.69) is 26.0 Å². The zero-order valence-electron chi connectivity index (χ0n) is 8.55. The first-order chi connectivity index (χ1) is 5.77. The standard InChI is InChI=1S/C11H23N/c1-3-4-5-6-7-8-9-10-11(2)12/h4-5,11H,3,6-10,12H2,1-2H3/b5-4-. The predicted octanol–water partition coefficient (Wildman–Crippen LogP) is 3.25. The largest absolute Gasteiger partial charge is 0.328 e. The summed E-state index contributed by atoms with van der Waals surface area (Å²) in [5.41, 5.74) is 5.64. The van der Waals surface area contributed by atoms with Crippen LogP contribution in [0.15, 0.2) is 12.2 Å². The second-order valence-electron chi connectivity index (χ2n) is 3.49. The van der Waals surface area contributed by atoms with Crippen molar-refractivity contribution in [1.82, 2.24) is 0 Å². The average Bonchev–Trinajstić information content (AvgIpc) is 2.02. The minimum absolute atomic E-state index is 0.385. The molecule has 1 unspecified atom stereocenters. The molecule has 1 nitrogen and oxygen atoms in total. The molecule has 0 fully saturated rings. The fraction of sp³-hybridized carbons (Fsp3) is 0.818. The molecule has 72 valence electrons. The molecule has 0 aliphatic heterocycles. The van der Waals surface area contributed by atoms with Crippen LogP contribution in [0, 0.1) is 0 Å². The van der Waals surface area contributed by atoms with Gasteiger partial charge in [-0.1, -0.05) is 31.9 Å². The molecule has 0 aromatic heterocycles. The summed E-state index contributed by atoms with van der Waals surface area (Å²) >= 11 is 0. The van der Waals surface area contributed by atoms with Crippen molar-refractivity contribution >= 4 is 0 Å². The Labute approximate surface area is 77.0 Å². The van der Waals surface area contributed by atoms with Crippen molar-refractivity contribution in [3.8, 4) is 0 Å². The van der Waals surface area contributed by atoms with Gasteiger partial charge in [-0.2, -0.15) is 0 Å². The summed E-state index contributed by atoms with van der Waals surface area (Å²) in [5, 5.41) is 0. The summed E-state index contributed by atoms with van der Waals surface area (Å²) in [6, 6.07) is 0.385. The number of unbranched alkanes of at least 4 members (excludes halogenated alkanes) is 3. The maximum atomic E-state index is 5.64. The maximum Gasteiger partial charge on any atom is 0.00104 e. The van der Waals surface area contributed by atoms with Crippen molar-refractivity contribution in [2.75, 3.05) is 0 Å². The molecule has 0 saturated heterocycles. The van der Waals surface area contributed by atoms with Gasteiger partial charge in [0.2, 0.25) is 0 Å². The zero-order valence-corrected chi connectivity index (χ0v) is 8.55. The summed E-state index contributed by atoms with van der Waals surface area (Å²) in [4.78, 5) is 0. The monoisotopic (exact) mass is 169 g/mol. The summed E-state index contributed by atoms with van der Waals surface area (Å²) in [6.45, 7) is 4.25. The second-order valence-corrected chi connectivity index (χ2v) is 3.49. The number of allylic oxidation sites excluding steroid dienone is 2. The predicted molar refractivity (Wildman–Crippen MR) is 56.2 cm³/mol. The van der Waals surface area contributed by atoms with Gasteiger partial charge in [0.05, 0.1) is 0 Å². The molecule has 0 aliphatic rings. The molecule has 0 amide bonds. The van der Waals surface area contributed by atoms with E-state index in [1.54, 1.807) is 0 Å². The molecular formula is C11H23N. The third-order valence-electron chi connectivity index (χ3n) is 1.93. The first-order valence-electron chi connectivity index (χ1n) is 5.18. The molecule has 0 radical (unpaired) electrons. The number of rotatable bonds is 7. The Bertz CT molecular complexity index is 106. The highest BCUT2D eigenvalue weighted by molar-refractivity contribution is 4.79. The summed E-state index contributed by atoms with van der Waals surface area (Å²) in [6.07, 6.45) is 12.1. The highest BCUT2D eigenvalue weighted by Crippen LogP contribution is 2.05. The average molecular weight is 169 g/mol. The number of nitrogens with two attached hydrogens (primary N) is 1. The summed E-state index contributed by atoms with van der Waals surface area (Å²) < 4.78 is 0. The van der Waals surface area contributed by atoms with E-state index in [-0.39, 0.29) is 0 Å². The first kappa shape index (κ1) is 11.7. The van der Waals surface area contributed by atoms with E-state index < -0.39 is 0 Å². The Morgan fingerprint density at radius 1 is 1.17 bits per heavy atom. The smallest absolute Gasteiger partial charge is 0.00104 e. The Morgan fingerprint density at radius 3 is 2.50 bits per heavy atom. The van der Waals surface area contributed by atoms with E-state index in [9.17, 15) is 0 Å². The molecule has 0 aliphatic carbocycles. The van der Waals surface area contributed by atoms with Gasteiger partial charge >= 0.3 is 0 Å². The van der Waals surface area contributed by atoms with Crippen LogP contribution in [0.3, 0.4) is 0 Å². The molecule has 0 bridgehead atoms. The third kappa shape index (κ3) is 9.70. The minimum atomic E-state index is 0.385. The summed E-state index contributed by atoms with van der Waals surface area (Å²) in [7, 11) is 0. The molecule has 1 heteroatoms. The molecule has 2 N–H and O–H groups in total. The maximum absolute atomic E-state index is 5.64. The van der Waals surface area contributed by atoms with Gasteiger partial charge in [0.1, 0.15) is 0 Å². The van der Waals surface area contributed by atoms with Gasteiger partial charge in [-0.15, -0.1) is 0 Å². The quantitative estimate of drug-likeness (QED) is 0.459. The fourth-order valence-electron chi connectivity index (χ4n) is 1.19. The van der Waals surface area contributed by atoms with E-state index in [4.69, 9.17) is 5.73 Å². The topological polar surface area (TPSA) is 26.0 Å². The van der Waals surface area contributed by atoms with Crippen LogP contribution in [-0.4, -0.2) is 6.04 Å². The van der Waals surface area contributed by atoms with Crippen molar-refractivity contribution in [3.05, 3.63) is 12.2 Å². The van der Waals surface area contributed by atoms with Crippen LogP contribution in [0.1, 0.15) is 52.4 Å². The lowest BCUT2D eigenvalue weighted by Crippen LogP contribution is -2.13. The lowest BCUT2D eigenvalue weighted by Gasteiger charge is -2.02. The lowest BCUT2D eigenvalue weighted by molar-refractivity contribution is 0.582. The van der Waals surface area contributed by atoms with Gasteiger partial charge in [0, 0.05) is 6.04 Å². The Balaban J connectivity index is 2.96. The van der Waals surface area contributed by atoms with Gasteiger partial charge in [-0.05, 0) is 32.6 Å². The first-order valence-corrected chi connectivity index (χ1v) is 5.18. The molecule has 12 heavy (non-hydrogen) atoms. The Kier molecular flexibility index (Phi) is 8.57. The van der Waals surface area contributed by atoms with Gasteiger partial charge in [-0.3, -0.25) is 0 Å². The van der Waals surface area contributed by atoms with E-state index in [1.807, 2.05) is 0 Å². The lowest BCUT2D eigenvalue weighted by atomic mass is 10.1. The molecule has 0 spiro atoms. The molecule has 0 heterocycles. The van der Waals surface area contributed by atoms with Crippen LogP contribution in [0.4, 0.5) is 0 Å². The van der Waals surface area contributed by atoms with Crippen LogP contribution in [0.2, 0.25) is 0 Å². The van der Waals surface area contributed by atoms with Crippen LogP contribution in [0.5, 0.6) is 0 Å². The Morgan fingerprint density at radius 2 is 1.92 bits per heavy atom. The van der Waals surface area contributed by atoms with E-state index >= 15 is 0 Å². The van der Waals surface area contributed by atoms with Crippen molar-refractivity contribution in [2.24, 2.45) is 5.73 Å². The zero-order chi connectivity index (χ0) is 9.23. The molecular weight excluding hydrogens is 146 g/mol. The highest BCUT2D eigenvalue weighted by Gasteiger charge is 1.92. The summed E-state index contributed by atoms with van der Waals surface area (Å²) in [5.74, 6) is 0. The molecule has 0 saturated carbocycles. The van der Waals surface area contributed by atoms with Gasteiger partial charge in [0.15, 0.2) is 0 Å². The molecule has 1 atom stereocenters. The third-order valence-corrected chi connectivity index (χ3v) is 1.93. The SMILES string of the molecule is CC/C=C\CCCCCC(C)N. The molecule has 0 rings (SSSR count). The fourth-order valence-corrected chi connectivity index (χ4v) is 1.19. The highest BCUT2D eigenvalue weighted by atomic mass is 14.6. The van der Waals surface area contributed by atoms with Crippen molar-refractivity contribution < 1.29 is 0 Å². The van der Waals surface area contributed by atoms with Crippen molar-refractivity contribution in [2.45, 2.75) is 58.4 Å². The van der Waals surface area contributed by atoms with Gasteiger partial charge < -0.3 is 5.73 Å². The Hall–Kier alpha value is -0.300. The van der Waals surface area contributed by atoms with Crippen molar-refractivity contribution in [1.29, 1.82) is 0 Å². The van der Waals surface area contributed by atoms with Crippen LogP contribution in [0.25, 0.3) is 0 Å². The van der Waals surface area contributed by atoms with Crippen LogP contribution < -0.4 is 5.73 Å². The van der Waals surface area contributed by atoms with E-state index in [1.165, 1.54) is 38.5 Å². The second kappa shape index (κ2) is 8.79. The number of hydrogen-bond donors (Lipinski definition) is 1. The van der Waals surface area contributed by atoms with E-state index in [0.29, 0.717) is 6.04 Å².